The van der Waals surface area contributed by atoms with Gasteiger partial charge >= 0.3 is 12.1 Å². The maximum Gasteiger partial charge on any atom is 0.397 e. The van der Waals surface area contributed by atoms with Crippen LogP contribution >= 0.6 is 23.4 Å². The minimum absolute atomic E-state index is 0.0536. The molecule has 0 spiro atoms. The van der Waals surface area contributed by atoms with Crippen LogP contribution in [0.5, 0.6) is 11.5 Å². The first-order valence-electron chi connectivity index (χ1n) is 8.03. The van der Waals surface area contributed by atoms with Gasteiger partial charge in [0.05, 0.1) is 24.2 Å². The Kier molecular flexibility index (Phi) is 7.74. The third kappa shape index (κ3) is 7.47. The molecule has 0 radical (unpaired) electrons. The molecule has 29 heavy (non-hydrogen) atoms. The van der Waals surface area contributed by atoms with Gasteiger partial charge < -0.3 is 9.47 Å². The summed E-state index contributed by atoms with van der Waals surface area (Å²) < 4.78 is 47.6. The number of ether oxygens (including phenoxy) is 2. The first kappa shape index (κ1) is 22.8. The maximum absolute atomic E-state index is 12.4. The SMILES string of the molecule is COC(=O)Cc1cc(Cl)cc(Oc2ccc([N+](=O)[O-])cc2CSCC(F)(F)F)c1. The number of benzene rings is 2. The average Bonchev–Trinajstić information content (AvgIpc) is 2.61. The van der Waals surface area contributed by atoms with Crippen LogP contribution in [0.4, 0.5) is 18.9 Å². The standard InChI is InChI=1S/C18H15ClF3NO5S/c1-27-17(24)6-11-4-13(19)8-15(5-11)28-16-3-2-14(23(25)26)7-12(16)9-29-10-18(20,21)22/h2-5,7-8H,6,9-10H2,1H3. The number of hydrogen-bond donors (Lipinski definition) is 0. The number of nitro groups is 1. The lowest BCUT2D eigenvalue weighted by atomic mass is 10.1. The van der Waals surface area contributed by atoms with Crippen molar-refractivity contribution in [2.45, 2.75) is 18.3 Å². The Labute approximate surface area is 173 Å². The summed E-state index contributed by atoms with van der Waals surface area (Å²) in [4.78, 5) is 21.8. The summed E-state index contributed by atoms with van der Waals surface area (Å²) in [6.45, 7) is 0. The molecule has 0 aliphatic heterocycles. The summed E-state index contributed by atoms with van der Waals surface area (Å²) in [7, 11) is 1.24. The molecule has 0 aliphatic carbocycles. The van der Waals surface area contributed by atoms with Crippen LogP contribution in [0.15, 0.2) is 36.4 Å². The second-order valence-corrected chi connectivity index (χ2v) is 7.23. The molecule has 11 heteroatoms. The molecule has 0 unspecified atom stereocenters. The zero-order valence-electron chi connectivity index (χ0n) is 15.0. The van der Waals surface area contributed by atoms with Crippen molar-refractivity contribution in [3.8, 4) is 11.5 Å². The zero-order chi connectivity index (χ0) is 21.6. The lowest BCUT2D eigenvalue weighted by molar-refractivity contribution is -0.384. The number of methoxy groups -OCH3 is 1. The van der Waals surface area contributed by atoms with Crippen LogP contribution < -0.4 is 4.74 Å². The van der Waals surface area contributed by atoms with E-state index in [-0.39, 0.29) is 39.9 Å². The van der Waals surface area contributed by atoms with Gasteiger partial charge in [-0.3, -0.25) is 14.9 Å². The summed E-state index contributed by atoms with van der Waals surface area (Å²) in [6.07, 6.45) is -4.41. The number of nitrogens with zero attached hydrogens (tertiary/aromatic N) is 1. The number of halogens is 4. The molecule has 0 aliphatic rings. The van der Waals surface area contributed by atoms with Gasteiger partial charge in [-0.1, -0.05) is 11.6 Å². The van der Waals surface area contributed by atoms with Crippen molar-refractivity contribution in [2.75, 3.05) is 12.9 Å². The van der Waals surface area contributed by atoms with Crippen molar-refractivity contribution in [3.05, 3.63) is 62.7 Å². The van der Waals surface area contributed by atoms with Gasteiger partial charge in [0.1, 0.15) is 11.5 Å². The number of thioether (sulfide) groups is 1. The van der Waals surface area contributed by atoms with Crippen LogP contribution in [0.2, 0.25) is 5.02 Å². The number of carbonyl (C=O) groups excluding carboxylic acids is 1. The zero-order valence-corrected chi connectivity index (χ0v) is 16.6. The molecule has 0 atom stereocenters. The van der Waals surface area contributed by atoms with Crippen LogP contribution in [0.1, 0.15) is 11.1 Å². The van der Waals surface area contributed by atoms with Gasteiger partial charge in [-0.25, -0.2) is 0 Å². The lowest BCUT2D eigenvalue weighted by Crippen LogP contribution is -2.11. The summed E-state index contributed by atoms with van der Waals surface area (Å²) >= 11 is 6.59. The maximum atomic E-state index is 12.4. The van der Waals surface area contributed by atoms with E-state index in [4.69, 9.17) is 16.3 Å². The smallest absolute Gasteiger partial charge is 0.397 e. The number of hydrogen-bond acceptors (Lipinski definition) is 6. The Morgan fingerprint density at radius 3 is 2.59 bits per heavy atom. The van der Waals surface area contributed by atoms with Crippen LogP contribution in [0.25, 0.3) is 0 Å². The van der Waals surface area contributed by atoms with Crippen LogP contribution in [-0.2, 0) is 21.7 Å². The van der Waals surface area contributed by atoms with Crippen molar-refractivity contribution in [2.24, 2.45) is 0 Å². The molecule has 0 aromatic heterocycles. The lowest BCUT2D eigenvalue weighted by Gasteiger charge is -2.13. The molecular weight excluding hydrogens is 435 g/mol. The highest BCUT2D eigenvalue weighted by Crippen LogP contribution is 2.34. The topological polar surface area (TPSA) is 78.7 Å². The number of alkyl halides is 3. The molecule has 2 aromatic rings. The largest absolute Gasteiger partial charge is 0.469 e. The predicted molar refractivity (Wildman–Crippen MR) is 103 cm³/mol. The van der Waals surface area contributed by atoms with Crippen molar-refractivity contribution in [1.82, 2.24) is 0 Å². The molecule has 0 N–H and O–H groups in total. The Hall–Kier alpha value is -2.46. The van der Waals surface area contributed by atoms with E-state index in [1.54, 1.807) is 6.07 Å². The minimum Gasteiger partial charge on any atom is -0.469 e. The molecule has 2 rings (SSSR count). The number of carbonyl (C=O) groups is 1. The summed E-state index contributed by atoms with van der Waals surface area (Å²) in [5, 5.41) is 11.3. The molecule has 0 heterocycles. The second-order valence-electron chi connectivity index (χ2n) is 5.81. The minimum atomic E-state index is -4.36. The van der Waals surface area contributed by atoms with E-state index < -0.39 is 22.8 Å². The van der Waals surface area contributed by atoms with E-state index in [0.717, 1.165) is 0 Å². The number of rotatable bonds is 8. The number of nitro benzene ring substituents is 1. The van der Waals surface area contributed by atoms with Crippen molar-refractivity contribution >= 4 is 35.0 Å². The Balaban J connectivity index is 2.28. The fourth-order valence-corrected chi connectivity index (χ4v) is 3.34. The van der Waals surface area contributed by atoms with Gasteiger partial charge in [0, 0.05) is 28.5 Å². The predicted octanol–water partition coefficient (Wildman–Crippen LogP) is 5.55. The molecule has 0 fully saturated rings. The Morgan fingerprint density at radius 2 is 1.97 bits per heavy atom. The van der Waals surface area contributed by atoms with Crippen molar-refractivity contribution < 1.29 is 32.4 Å². The normalized spacial score (nSPS) is 11.2. The van der Waals surface area contributed by atoms with E-state index in [0.29, 0.717) is 17.3 Å². The fraction of sp³-hybridized carbons (Fsp3) is 0.278. The monoisotopic (exact) mass is 449 g/mol. The Bertz CT molecular complexity index is 908. The fourth-order valence-electron chi connectivity index (χ4n) is 2.32. The average molecular weight is 450 g/mol. The highest BCUT2D eigenvalue weighted by molar-refractivity contribution is 7.98. The van der Waals surface area contributed by atoms with Gasteiger partial charge in [0.25, 0.3) is 5.69 Å². The van der Waals surface area contributed by atoms with Crippen LogP contribution in [0, 0.1) is 10.1 Å². The third-order valence-corrected chi connectivity index (χ3v) is 4.78. The van der Waals surface area contributed by atoms with Crippen LogP contribution in [0.3, 0.4) is 0 Å². The first-order chi connectivity index (χ1) is 13.6. The van der Waals surface area contributed by atoms with Gasteiger partial charge in [-0.05, 0) is 29.8 Å². The molecule has 156 valence electrons. The van der Waals surface area contributed by atoms with E-state index in [9.17, 15) is 28.1 Å². The van der Waals surface area contributed by atoms with E-state index in [1.165, 1.54) is 37.4 Å². The summed E-state index contributed by atoms with van der Waals surface area (Å²) in [5.41, 5.74) is 0.467. The molecule has 6 nitrogen and oxygen atoms in total. The Morgan fingerprint density at radius 1 is 1.24 bits per heavy atom. The first-order valence-corrected chi connectivity index (χ1v) is 9.56. The molecular formula is C18H15ClF3NO5S. The van der Waals surface area contributed by atoms with Crippen molar-refractivity contribution in [3.63, 3.8) is 0 Å². The van der Waals surface area contributed by atoms with Gasteiger partial charge in [-0.2, -0.15) is 13.2 Å². The van der Waals surface area contributed by atoms with Gasteiger partial charge in [0.2, 0.25) is 0 Å². The van der Waals surface area contributed by atoms with E-state index >= 15 is 0 Å². The van der Waals surface area contributed by atoms with E-state index in [1.807, 2.05) is 0 Å². The second kappa shape index (κ2) is 9.84. The molecule has 0 amide bonds. The number of non-ortho nitro benzene ring substituents is 1. The van der Waals surface area contributed by atoms with Crippen molar-refractivity contribution in [1.29, 1.82) is 0 Å². The molecule has 0 saturated carbocycles. The summed E-state index contributed by atoms with van der Waals surface area (Å²) in [6, 6.07) is 8.18. The number of esters is 1. The van der Waals surface area contributed by atoms with Crippen LogP contribution in [-0.4, -0.2) is 29.9 Å². The molecule has 0 bridgehead atoms. The summed E-state index contributed by atoms with van der Waals surface area (Å²) in [5.74, 6) is -1.36. The quantitative estimate of drug-likeness (QED) is 0.298. The van der Waals surface area contributed by atoms with Gasteiger partial charge in [-0.15, -0.1) is 11.8 Å². The highest BCUT2D eigenvalue weighted by atomic mass is 35.5. The molecule has 2 aromatic carbocycles. The van der Waals surface area contributed by atoms with Gasteiger partial charge in [0.15, 0.2) is 0 Å². The molecule has 0 saturated heterocycles. The highest BCUT2D eigenvalue weighted by Gasteiger charge is 2.27. The van der Waals surface area contributed by atoms with E-state index in [2.05, 4.69) is 4.74 Å². The third-order valence-electron chi connectivity index (χ3n) is 3.51.